The Kier molecular flexibility index (Phi) is 5.55. The molecular formula is C29H35NO5. The molecule has 2 atom stereocenters. The number of amides is 1. The SMILES string of the molecule is Cc1c(CCC(=O)N2CC[C@]3(O)CCCC[C@@H]3C2)c(=O)oc2c(C)c3oc4c(c3cc12)CCCC4. The lowest BCUT2D eigenvalue weighted by atomic mass is 9.71. The molecule has 3 aromatic rings. The highest BCUT2D eigenvalue weighted by Crippen LogP contribution is 2.40. The number of likely N-dealkylation sites (tertiary alicyclic amines) is 1. The molecule has 2 aromatic heterocycles. The molecule has 1 N–H and O–H groups in total. The first-order chi connectivity index (χ1) is 16.9. The Morgan fingerprint density at radius 1 is 1.06 bits per heavy atom. The zero-order valence-electron chi connectivity index (χ0n) is 20.9. The first-order valence-corrected chi connectivity index (χ1v) is 13.4. The van der Waals surface area contributed by atoms with Crippen molar-refractivity contribution >= 4 is 27.8 Å². The van der Waals surface area contributed by atoms with Crippen molar-refractivity contribution in [2.75, 3.05) is 13.1 Å². The van der Waals surface area contributed by atoms with E-state index in [-0.39, 0.29) is 23.9 Å². The van der Waals surface area contributed by atoms with Crippen LogP contribution in [0.15, 0.2) is 19.7 Å². The third-order valence-electron chi connectivity index (χ3n) is 9.09. The molecule has 1 amide bonds. The van der Waals surface area contributed by atoms with E-state index in [4.69, 9.17) is 8.83 Å². The molecule has 3 aliphatic rings. The fraction of sp³-hybridized carbons (Fsp3) is 0.586. The third-order valence-corrected chi connectivity index (χ3v) is 9.09. The number of carbonyl (C=O) groups is 1. The van der Waals surface area contributed by atoms with E-state index in [1.807, 2.05) is 18.7 Å². The zero-order valence-corrected chi connectivity index (χ0v) is 20.9. The van der Waals surface area contributed by atoms with Gasteiger partial charge in [0.2, 0.25) is 5.91 Å². The van der Waals surface area contributed by atoms with Gasteiger partial charge in [-0.05, 0) is 70.4 Å². The number of carbonyl (C=O) groups excluding carboxylic acids is 1. The molecule has 2 fully saturated rings. The lowest BCUT2D eigenvalue weighted by Gasteiger charge is -2.47. The number of nitrogens with zero attached hydrogens (tertiary/aromatic N) is 1. The summed E-state index contributed by atoms with van der Waals surface area (Å²) in [7, 11) is 0. The monoisotopic (exact) mass is 477 g/mol. The predicted octanol–water partition coefficient (Wildman–Crippen LogP) is 5.12. The number of hydrogen-bond donors (Lipinski definition) is 1. The number of aryl methyl sites for hydroxylation is 4. The van der Waals surface area contributed by atoms with E-state index in [0.717, 1.165) is 78.2 Å². The maximum Gasteiger partial charge on any atom is 0.339 e. The van der Waals surface area contributed by atoms with Crippen LogP contribution in [0.2, 0.25) is 0 Å². The van der Waals surface area contributed by atoms with Gasteiger partial charge in [0.05, 0.1) is 5.60 Å². The molecule has 2 aliphatic carbocycles. The number of furan rings is 1. The minimum Gasteiger partial charge on any atom is -0.460 e. The molecule has 1 aliphatic heterocycles. The lowest BCUT2D eigenvalue weighted by Crippen LogP contribution is -2.54. The van der Waals surface area contributed by atoms with Gasteiger partial charge < -0.3 is 18.8 Å². The summed E-state index contributed by atoms with van der Waals surface area (Å²) in [5.41, 5.74) is 4.14. The second-order valence-corrected chi connectivity index (χ2v) is 11.1. The van der Waals surface area contributed by atoms with Gasteiger partial charge in [-0.3, -0.25) is 4.79 Å². The summed E-state index contributed by atoms with van der Waals surface area (Å²) in [4.78, 5) is 28.0. The Morgan fingerprint density at radius 3 is 2.71 bits per heavy atom. The van der Waals surface area contributed by atoms with Gasteiger partial charge in [-0.25, -0.2) is 4.79 Å². The van der Waals surface area contributed by atoms with Gasteiger partial charge in [-0.2, -0.15) is 0 Å². The van der Waals surface area contributed by atoms with E-state index >= 15 is 0 Å². The van der Waals surface area contributed by atoms with Crippen molar-refractivity contribution < 1.29 is 18.7 Å². The van der Waals surface area contributed by atoms with Crippen LogP contribution in [0, 0.1) is 19.8 Å². The van der Waals surface area contributed by atoms with Crippen LogP contribution in [-0.4, -0.2) is 34.6 Å². The van der Waals surface area contributed by atoms with Crippen LogP contribution in [0.3, 0.4) is 0 Å². The minimum atomic E-state index is -0.597. The highest BCUT2D eigenvalue weighted by atomic mass is 16.4. The Labute approximate surface area is 205 Å². The summed E-state index contributed by atoms with van der Waals surface area (Å²) >= 11 is 0. The molecule has 35 heavy (non-hydrogen) atoms. The van der Waals surface area contributed by atoms with Crippen molar-refractivity contribution in [1.82, 2.24) is 4.90 Å². The molecule has 0 unspecified atom stereocenters. The van der Waals surface area contributed by atoms with E-state index in [1.54, 1.807) is 0 Å². The van der Waals surface area contributed by atoms with Gasteiger partial charge in [-0.15, -0.1) is 0 Å². The minimum absolute atomic E-state index is 0.0621. The van der Waals surface area contributed by atoms with Crippen molar-refractivity contribution in [2.24, 2.45) is 5.92 Å². The highest BCUT2D eigenvalue weighted by molar-refractivity contribution is 6.00. The largest absolute Gasteiger partial charge is 0.460 e. The molecule has 1 aromatic carbocycles. The molecule has 6 nitrogen and oxygen atoms in total. The summed E-state index contributed by atoms with van der Waals surface area (Å²) in [5.74, 6) is 1.31. The van der Waals surface area contributed by atoms with Crippen molar-refractivity contribution in [2.45, 2.75) is 90.1 Å². The molecule has 6 rings (SSSR count). The molecule has 0 radical (unpaired) electrons. The maximum atomic E-state index is 13.1. The maximum absolute atomic E-state index is 13.1. The normalized spacial score (nSPS) is 24.5. The van der Waals surface area contributed by atoms with Gasteiger partial charge in [0.15, 0.2) is 0 Å². The predicted molar refractivity (Wildman–Crippen MR) is 135 cm³/mol. The topological polar surface area (TPSA) is 83.9 Å². The van der Waals surface area contributed by atoms with E-state index in [0.29, 0.717) is 37.1 Å². The summed E-state index contributed by atoms with van der Waals surface area (Å²) in [6.07, 6.45) is 9.65. The van der Waals surface area contributed by atoms with Crippen LogP contribution in [0.25, 0.3) is 21.9 Å². The van der Waals surface area contributed by atoms with Crippen molar-refractivity contribution in [1.29, 1.82) is 0 Å². The number of fused-ring (bicyclic) bond motifs is 5. The van der Waals surface area contributed by atoms with E-state index in [1.165, 1.54) is 12.0 Å². The average molecular weight is 478 g/mol. The number of rotatable bonds is 3. The van der Waals surface area contributed by atoms with Crippen LogP contribution >= 0.6 is 0 Å². The van der Waals surface area contributed by atoms with E-state index in [2.05, 4.69) is 6.07 Å². The van der Waals surface area contributed by atoms with Crippen molar-refractivity contribution in [3.63, 3.8) is 0 Å². The lowest BCUT2D eigenvalue weighted by molar-refractivity contribution is -0.143. The first-order valence-electron chi connectivity index (χ1n) is 13.4. The standard InChI is InChI=1S/C29H35NO5/c1-17-20(10-11-25(31)30-14-13-29(33)12-6-5-7-19(29)16-30)28(32)35-26-18(2)27-23(15-22(17)26)21-8-3-4-9-24(21)34-27/h15,19,33H,3-14,16H2,1-2H3/t19-,29-/m1/s1. The molecule has 0 spiro atoms. The quantitative estimate of drug-likeness (QED) is 0.529. The van der Waals surface area contributed by atoms with Gasteiger partial charge in [0.1, 0.15) is 16.9 Å². The Morgan fingerprint density at radius 2 is 1.86 bits per heavy atom. The highest BCUT2D eigenvalue weighted by Gasteiger charge is 2.43. The second kappa shape index (κ2) is 8.51. The number of piperidine rings is 1. The molecule has 3 heterocycles. The fourth-order valence-electron chi connectivity index (χ4n) is 6.89. The van der Waals surface area contributed by atoms with Crippen LogP contribution in [-0.2, 0) is 24.1 Å². The van der Waals surface area contributed by atoms with E-state index in [9.17, 15) is 14.7 Å². The third kappa shape index (κ3) is 3.72. The van der Waals surface area contributed by atoms with Crippen LogP contribution in [0.4, 0.5) is 0 Å². The van der Waals surface area contributed by atoms with Crippen molar-refractivity contribution in [3.8, 4) is 0 Å². The summed E-state index contributed by atoms with van der Waals surface area (Å²) < 4.78 is 12.0. The van der Waals surface area contributed by atoms with Gasteiger partial charge >= 0.3 is 5.63 Å². The van der Waals surface area contributed by atoms with Gasteiger partial charge in [0.25, 0.3) is 0 Å². The summed E-state index contributed by atoms with van der Waals surface area (Å²) in [6, 6.07) is 2.13. The average Bonchev–Trinajstić information content (AvgIpc) is 3.23. The number of aliphatic hydroxyl groups is 1. The fourth-order valence-corrected chi connectivity index (χ4v) is 6.89. The Balaban J connectivity index is 1.27. The molecule has 1 saturated carbocycles. The number of hydrogen-bond acceptors (Lipinski definition) is 5. The molecule has 1 saturated heterocycles. The van der Waals surface area contributed by atoms with Crippen LogP contribution < -0.4 is 5.63 Å². The summed E-state index contributed by atoms with van der Waals surface area (Å²) in [5, 5.41) is 13.0. The molecule has 186 valence electrons. The summed E-state index contributed by atoms with van der Waals surface area (Å²) in [6.45, 7) is 5.16. The zero-order chi connectivity index (χ0) is 24.3. The van der Waals surface area contributed by atoms with Gasteiger partial charge in [-0.1, -0.05) is 12.8 Å². The second-order valence-electron chi connectivity index (χ2n) is 11.1. The van der Waals surface area contributed by atoms with Crippen LogP contribution in [0.1, 0.15) is 79.4 Å². The van der Waals surface area contributed by atoms with E-state index < -0.39 is 5.60 Å². The van der Waals surface area contributed by atoms with Crippen LogP contribution in [0.5, 0.6) is 0 Å². The smallest absolute Gasteiger partial charge is 0.339 e. The molecule has 6 heteroatoms. The Bertz CT molecular complexity index is 1380. The van der Waals surface area contributed by atoms with Crippen molar-refractivity contribution in [3.05, 3.63) is 44.5 Å². The molecular weight excluding hydrogens is 442 g/mol. The first kappa shape index (κ1) is 22.8. The Hall–Kier alpha value is -2.60. The molecule has 0 bridgehead atoms. The van der Waals surface area contributed by atoms with Gasteiger partial charge in [0, 0.05) is 59.3 Å². The number of benzene rings is 1.